The Balaban J connectivity index is 1.27. The molecule has 0 unspecified atom stereocenters. The minimum Gasteiger partial charge on any atom is -0.379 e. The molecule has 1 aromatic heterocycles. The molecule has 0 spiro atoms. The first-order valence-electron chi connectivity index (χ1n) is 9.99. The first kappa shape index (κ1) is 21.3. The highest BCUT2D eigenvalue weighted by atomic mass is 32.2. The van der Waals surface area contributed by atoms with Gasteiger partial charge in [0.2, 0.25) is 15.9 Å². The van der Waals surface area contributed by atoms with Crippen LogP contribution in [0, 0.1) is 0 Å². The van der Waals surface area contributed by atoms with E-state index in [9.17, 15) is 13.2 Å². The number of pyridine rings is 1. The number of nitrogens with zero attached hydrogens (tertiary/aromatic N) is 2. The average Bonchev–Trinajstić information content (AvgIpc) is 3.59. The molecule has 2 aromatic rings. The second-order valence-electron chi connectivity index (χ2n) is 7.56. The first-order valence-corrected chi connectivity index (χ1v) is 12.4. The smallest absolute Gasteiger partial charge is 0.244 e. The van der Waals surface area contributed by atoms with E-state index in [4.69, 9.17) is 4.74 Å². The number of rotatable bonds is 8. The van der Waals surface area contributed by atoms with Crippen molar-refractivity contribution in [1.82, 2.24) is 14.6 Å². The molecule has 0 atom stereocenters. The van der Waals surface area contributed by atoms with Crippen LogP contribution in [-0.2, 0) is 25.0 Å². The summed E-state index contributed by atoms with van der Waals surface area (Å²) in [5.41, 5.74) is 1.35. The summed E-state index contributed by atoms with van der Waals surface area (Å²) >= 11 is 1.30. The lowest BCUT2D eigenvalue weighted by Gasteiger charge is -2.25. The zero-order valence-corrected chi connectivity index (χ0v) is 18.3. The highest BCUT2D eigenvalue weighted by molar-refractivity contribution is 7.99. The van der Waals surface area contributed by atoms with E-state index in [1.54, 1.807) is 12.1 Å². The molecule has 1 saturated carbocycles. The Labute approximate surface area is 181 Å². The Hall–Kier alpha value is -1.94. The van der Waals surface area contributed by atoms with Gasteiger partial charge in [-0.3, -0.25) is 4.79 Å². The number of thioether (sulfide) groups is 1. The molecule has 7 nitrogen and oxygen atoms in total. The number of morpholine rings is 1. The fourth-order valence-corrected chi connectivity index (χ4v) is 5.54. The fraction of sp³-hybridized carbons (Fsp3) is 0.429. The maximum absolute atomic E-state index is 12.6. The van der Waals surface area contributed by atoms with Gasteiger partial charge >= 0.3 is 0 Å². The molecule has 1 aromatic carbocycles. The Morgan fingerprint density at radius 3 is 2.50 bits per heavy atom. The zero-order valence-electron chi connectivity index (χ0n) is 16.6. The maximum Gasteiger partial charge on any atom is 0.244 e. The fourth-order valence-electron chi connectivity index (χ4n) is 3.51. The molecule has 30 heavy (non-hydrogen) atoms. The quantitative estimate of drug-likeness (QED) is 0.623. The van der Waals surface area contributed by atoms with E-state index in [2.05, 4.69) is 22.4 Å². The van der Waals surface area contributed by atoms with E-state index in [-0.39, 0.29) is 22.0 Å². The van der Waals surface area contributed by atoms with Crippen molar-refractivity contribution in [1.29, 1.82) is 0 Å². The van der Waals surface area contributed by atoms with Gasteiger partial charge in [0, 0.05) is 31.2 Å². The van der Waals surface area contributed by atoms with Crippen molar-refractivity contribution in [2.24, 2.45) is 0 Å². The SMILES string of the molecule is O=C(CSc1ccc(S(=O)(=O)N2CCOCC2)cn1)NCC1(c2ccccc2)CC1. The molecule has 0 bridgehead atoms. The number of sulfonamides is 1. The van der Waals surface area contributed by atoms with Crippen LogP contribution in [0.1, 0.15) is 18.4 Å². The van der Waals surface area contributed by atoms with Gasteiger partial charge in [-0.05, 0) is 30.5 Å². The van der Waals surface area contributed by atoms with Crippen LogP contribution in [0.4, 0.5) is 0 Å². The molecule has 9 heteroatoms. The molecule has 0 radical (unpaired) electrons. The maximum atomic E-state index is 12.6. The summed E-state index contributed by atoms with van der Waals surface area (Å²) in [7, 11) is -3.55. The molecule has 1 aliphatic carbocycles. The van der Waals surface area contributed by atoms with Crippen molar-refractivity contribution in [2.45, 2.75) is 28.2 Å². The van der Waals surface area contributed by atoms with Crippen molar-refractivity contribution >= 4 is 27.7 Å². The number of hydrogen-bond donors (Lipinski definition) is 1. The molecule has 1 aliphatic heterocycles. The number of aromatic nitrogens is 1. The van der Waals surface area contributed by atoms with E-state index >= 15 is 0 Å². The molecular formula is C21H25N3O4S2. The topological polar surface area (TPSA) is 88.6 Å². The molecule has 1 N–H and O–H groups in total. The predicted molar refractivity (Wildman–Crippen MR) is 115 cm³/mol. The summed E-state index contributed by atoms with van der Waals surface area (Å²) in [4.78, 5) is 16.7. The normalized spacial score (nSPS) is 18.7. The number of carbonyl (C=O) groups excluding carboxylic acids is 1. The molecule has 4 rings (SSSR count). The van der Waals surface area contributed by atoms with Gasteiger partial charge in [-0.2, -0.15) is 4.31 Å². The summed E-state index contributed by atoms with van der Waals surface area (Å²) in [6.45, 7) is 2.15. The Bertz CT molecular complexity index is 971. The van der Waals surface area contributed by atoms with E-state index in [1.807, 2.05) is 18.2 Å². The number of nitrogens with one attached hydrogen (secondary N) is 1. The van der Waals surface area contributed by atoms with Crippen molar-refractivity contribution in [3.8, 4) is 0 Å². The van der Waals surface area contributed by atoms with Crippen LogP contribution >= 0.6 is 11.8 Å². The molecular weight excluding hydrogens is 422 g/mol. The molecule has 1 saturated heterocycles. The number of benzene rings is 1. The molecule has 2 aliphatic rings. The summed E-state index contributed by atoms with van der Waals surface area (Å²) in [6, 6.07) is 13.5. The van der Waals surface area contributed by atoms with E-state index < -0.39 is 10.0 Å². The first-order chi connectivity index (χ1) is 14.5. The molecule has 2 heterocycles. The highest BCUT2D eigenvalue weighted by Crippen LogP contribution is 2.47. The minimum atomic E-state index is -3.55. The minimum absolute atomic E-state index is 0.0472. The average molecular weight is 448 g/mol. The third kappa shape index (κ3) is 4.85. The van der Waals surface area contributed by atoms with Gasteiger partial charge in [-0.25, -0.2) is 13.4 Å². The van der Waals surface area contributed by atoms with Crippen molar-refractivity contribution in [2.75, 3.05) is 38.6 Å². The van der Waals surface area contributed by atoms with Gasteiger partial charge in [-0.15, -0.1) is 0 Å². The molecule has 2 fully saturated rings. The summed E-state index contributed by atoms with van der Waals surface area (Å²) < 4.78 is 31.9. The Kier molecular flexibility index (Phi) is 6.43. The summed E-state index contributed by atoms with van der Waals surface area (Å²) in [6.07, 6.45) is 3.54. The summed E-state index contributed by atoms with van der Waals surface area (Å²) in [5, 5.41) is 3.65. The second-order valence-corrected chi connectivity index (χ2v) is 10.5. The van der Waals surface area contributed by atoms with Gasteiger partial charge in [0.25, 0.3) is 0 Å². The predicted octanol–water partition coefficient (Wildman–Crippen LogP) is 2.04. The number of amides is 1. The van der Waals surface area contributed by atoms with Crippen molar-refractivity contribution in [3.63, 3.8) is 0 Å². The van der Waals surface area contributed by atoms with Crippen molar-refractivity contribution < 1.29 is 17.9 Å². The Morgan fingerprint density at radius 2 is 1.87 bits per heavy atom. The summed E-state index contributed by atoms with van der Waals surface area (Å²) in [5.74, 6) is 0.196. The van der Waals surface area contributed by atoms with Crippen LogP contribution in [-0.4, -0.2) is 62.2 Å². The van der Waals surface area contributed by atoms with Crippen LogP contribution in [0.2, 0.25) is 0 Å². The molecule has 1 amide bonds. The number of hydrogen-bond acceptors (Lipinski definition) is 6. The Morgan fingerprint density at radius 1 is 1.13 bits per heavy atom. The second kappa shape index (κ2) is 9.05. The van der Waals surface area contributed by atoms with E-state index in [1.165, 1.54) is 27.8 Å². The third-order valence-corrected chi connectivity index (χ3v) is 8.36. The molecule has 160 valence electrons. The standard InChI is InChI=1S/C21H25N3O4S2/c25-19(23-16-21(8-9-21)17-4-2-1-3-5-17)15-29-20-7-6-18(14-22-20)30(26,27)24-10-12-28-13-11-24/h1-7,14H,8-13,15-16H2,(H,23,25). The lowest BCUT2D eigenvalue weighted by molar-refractivity contribution is -0.118. The highest BCUT2D eigenvalue weighted by Gasteiger charge is 2.44. The van der Waals surface area contributed by atoms with Crippen LogP contribution in [0.25, 0.3) is 0 Å². The number of ether oxygens (including phenoxy) is 1. The lowest BCUT2D eigenvalue weighted by Crippen LogP contribution is -2.40. The van der Waals surface area contributed by atoms with Gasteiger partial charge in [0.1, 0.15) is 4.90 Å². The van der Waals surface area contributed by atoms with Crippen LogP contribution in [0.3, 0.4) is 0 Å². The van der Waals surface area contributed by atoms with Crippen LogP contribution in [0.5, 0.6) is 0 Å². The number of carbonyl (C=O) groups is 1. The van der Waals surface area contributed by atoms with E-state index in [0.29, 0.717) is 37.9 Å². The zero-order chi connectivity index (χ0) is 21.0. The van der Waals surface area contributed by atoms with Crippen molar-refractivity contribution in [3.05, 3.63) is 54.2 Å². The van der Waals surface area contributed by atoms with E-state index in [0.717, 1.165) is 12.8 Å². The van der Waals surface area contributed by atoms with Gasteiger partial charge in [0.15, 0.2) is 0 Å². The van der Waals surface area contributed by atoms with Gasteiger partial charge < -0.3 is 10.1 Å². The van der Waals surface area contributed by atoms with Gasteiger partial charge in [-0.1, -0.05) is 42.1 Å². The monoisotopic (exact) mass is 447 g/mol. The third-order valence-electron chi connectivity index (χ3n) is 5.53. The largest absolute Gasteiger partial charge is 0.379 e. The van der Waals surface area contributed by atoms with Crippen LogP contribution < -0.4 is 5.32 Å². The van der Waals surface area contributed by atoms with Gasteiger partial charge in [0.05, 0.1) is 24.0 Å². The van der Waals surface area contributed by atoms with Crippen LogP contribution in [0.15, 0.2) is 58.6 Å². The lowest BCUT2D eigenvalue weighted by atomic mass is 9.96.